The fraction of sp³-hybridized carbons (Fsp3) is 0.261. The van der Waals surface area contributed by atoms with Crippen molar-refractivity contribution in [1.82, 2.24) is 9.38 Å². The van der Waals surface area contributed by atoms with E-state index in [4.69, 9.17) is 4.42 Å². The molecule has 1 atom stereocenters. The van der Waals surface area contributed by atoms with Gasteiger partial charge >= 0.3 is 5.63 Å². The van der Waals surface area contributed by atoms with Gasteiger partial charge in [0.2, 0.25) is 0 Å². The van der Waals surface area contributed by atoms with Crippen LogP contribution in [0, 0.1) is 13.8 Å². The molecular formula is C23H21N3O3S3. The van der Waals surface area contributed by atoms with Crippen molar-refractivity contribution < 1.29 is 9.52 Å². The van der Waals surface area contributed by atoms with E-state index in [1.807, 2.05) is 12.3 Å². The molecule has 32 heavy (non-hydrogen) atoms. The summed E-state index contributed by atoms with van der Waals surface area (Å²) in [5.74, 6) is 1.13. The van der Waals surface area contributed by atoms with Crippen LogP contribution in [0.5, 0.6) is 5.75 Å². The van der Waals surface area contributed by atoms with E-state index in [-0.39, 0.29) is 16.6 Å². The fourth-order valence-corrected chi connectivity index (χ4v) is 6.90. The maximum Gasteiger partial charge on any atom is 0.348 e. The molecule has 1 aliphatic heterocycles. The van der Waals surface area contributed by atoms with Gasteiger partial charge in [0.25, 0.3) is 0 Å². The van der Waals surface area contributed by atoms with Crippen molar-refractivity contribution in [2.24, 2.45) is 4.99 Å². The molecule has 0 bridgehead atoms. The zero-order chi connectivity index (χ0) is 22.2. The van der Waals surface area contributed by atoms with Gasteiger partial charge in [-0.05, 0) is 25.5 Å². The van der Waals surface area contributed by atoms with Crippen LogP contribution >= 0.6 is 34.9 Å². The second-order valence-corrected chi connectivity index (χ2v) is 10.7. The SMILES string of the molecule is Cc1cc(O)c(C2=NCCSC(c3cnc4scc(Sc5ccccc5C)n34)C2)c(=O)o1. The molecule has 4 heterocycles. The van der Waals surface area contributed by atoms with Gasteiger partial charge in [0.1, 0.15) is 17.1 Å². The summed E-state index contributed by atoms with van der Waals surface area (Å²) in [5.41, 5.74) is 2.52. The second kappa shape index (κ2) is 8.80. The fourth-order valence-electron chi connectivity index (χ4n) is 3.80. The highest BCUT2D eigenvalue weighted by molar-refractivity contribution is 7.99. The standard InChI is InChI=1S/C23H21N3O3S3/c1-13-5-3-4-6-18(13)32-20-12-31-23-25-11-16(26(20)23)19-10-15(24-7-8-30-19)21-17(27)9-14(2)29-22(21)28/h3-6,9,11-12,19,27H,7-8,10H2,1-2H3. The van der Waals surface area contributed by atoms with Crippen molar-refractivity contribution in [3.63, 3.8) is 0 Å². The Kier molecular flexibility index (Phi) is 5.88. The number of fused-ring (bicyclic) bond motifs is 1. The highest BCUT2D eigenvalue weighted by Crippen LogP contribution is 2.40. The number of nitrogens with zero attached hydrogens (tertiary/aromatic N) is 3. The molecule has 3 aromatic heterocycles. The molecule has 0 fully saturated rings. The number of imidazole rings is 1. The molecule has 1 N–H and O–H groups in total. The summed E-state index contributed by atoms with van der Waals surface area (Å²) in [6, 6.07) is 9.82. The number of hydrogen-bond donors (Lipinski definition) is 1. The van der Waals surface area contributed by atoms with E-state index >= 15 is 0 Å². The zero-order valence-corrected chi connectivity index (χ0v) is 20.0. The molecule has 0 radical (unpaired) electrons. The molecule has 1 aromatic carbocycles. The van der Waals surface area contributed by atoms with Gasteiger partial charge in [0, 0.05) is 35.1 Å². The number of aryl methyl sites for hydroxylation is 2. The Morgan fingerprint density at radius 1 is 1.28 bits per heavy atom. The summed E-state index contributed by atoms with van der Waals surface area (Å²) in [6.07, 6.45) is 2.44. The lowest BCUT2D eigenvalue weighted by Crippen LogP contribution is -2.17. The summed E-state index contributed by atoms with van der Waals surface area (Å²) < 4.78 is 7.45. The number of rotatable bonds is 4. The van der Waals surface area contributed by atoms with E-state index in [0.29, 0.717) is 24.4 Å². The number of hydrogen-bond acceptors (Lipinski definition) is 8. The minimum absolute atomic E-state index is 0.0529. The smallest absolute Gasteiger partial charge is 0.348 e. The summed E-state index contributed by atoms with van der Waals surface area (Å²) in [4.78, 5) is 23.9. The van der Waals surface area contributed by atoms with Crippen LogP contribution in [0.25, 0.3) is 4.96 Å². The predicted molar refractivity (Wildman–Crippen MR) is 131 cm³/mol. The van der Waals surface area contributed by atoms with E-state index in [1.165, 1.54) is 16.5 Å². The van der Waals surface area contributed by atoms with Crippen molar-refractivity contribution in [2.75, 3.05) is 12.3 Å². The van der Waals surface area contributed by atoms with Crippen LogP contribution in [0.2, 0.25) is 0 Å². The largest absolute Gasteiger partial charge is 0.507 e. The van der Waals surface area contributed by atoms with Gasteiger partial charge in [-0.25, -0.2) is 9.78 Å². The normalized spacial score (nSPS) is 16.8. The molecule has 0 saturated heterocycles. The maximum atomic E-state index is 12.5. The molecule has 6 nitrogen and oxygen atoms in total. The summed E-state index contributed by atoms with van der Waals surface area (Å²) in [5, 5.41) is 13.7. The van der Waals surface area contributed by atoms with E-state index < -0.39 is 5.63 Å². The van der Waals surface area contributed by atoms with Crippen molar-refractivity contribution in [1.29, 1.82) is 0 Å². The van der Waals surface area contributed by atoms with Gasteiger partial charge in [0.15, 0.2) is 4.96 Å². The maximum absolute atomic E-state index is 12.5. The number of thiazole rings is 1. The third-order valence-corrected chi connectivity index (χ3v) is 8.72. The van der Waals surface area contributed by atoms with Crippen molar-refractivity contribution >= 4 is 45.5 Å². The molecule has 5 rings (SSSR count). The first-order chi connectivity index (χ1) is 15.5. The van der Waals surface area contributed by atoms with E-state index in [1.54, 1.807) is 41.8 Å². The molecule has 4 aromatic rings. The Morgan fingerprint density at radius 2 is 2.12 bits per heavy atom. The first kappa shape index (κ1) is 21.4. The van der Waals surface area contributed by atoms with Crippen molar-refractivity contribution in [2.45, 2.75) is 35.4 Å². The van der Waals surface area contributed by atoms with Gasteiger partial charge < -0.3 is 9.52 Å². The Balaban J connectivity index is 1.52. The Bertz CT molecular complexity index is 1390. The van der Waals surface area contributed by atoms with Gasteiger partial charge in [0.05, 0.1) is 27.9 Å². The van der Waals surface area contributed by atoms with Gasteiger partial charge in [-0.2, -0.15) is 0 Å². The Labute approximate surface area is 197 Å². The van der Waals surface area contributed by atoms with Crippen molar-refractivity contribution in [3.8, 4) is 5.75 Å². The van der Waals surface area contributed by atoms with Crippen LogP contribution in [0.4, 0.5) is 0 Å². The minimum Gasteiger partial charge on any atom is -0.507 e. The van der Waals surface area contributed by atoms with Crippen LogP contribution < -0.4 is 5.63 Å². The Hall–Kier alpha value is -2.49. The quantitative estimate of drug-likeness (QED) is 0.413. The first-order valence-corrected chi connectivity index (χ1v) is 12.9. The van der Waals surface area contributed by atoms with Crippen molar-refractivity contribution in [3.05, 3.63) is 74.9 Å². The second-order valence-electron chi connectivity index (χ2n) is 7.54. The number of benzene rings is 1. The number of thioether (sulfide) groups is 1. The van der Waals surface area contributed by atoms with E-state index in [9.17, 15) is 9.90 Å². The molecule has 164 valence electrons. The summed E-state index contributed by atoms with van der Waals surface area (Å²) in [7, 11) is 0. The highest BCUT2D eigenvalue weighted by Gasteiger charge is 2.27. The lowest BCUT2D eigenvalue weighted by Gasteiger charge is -2.16. The van der Waals surface area contributed by atoms with E-state index in [0.717, 1.165) is 21.4 Å². The highest BCUT2D eigenvalue weighted by atomic mass is 32.2. The Morgan fingerprint density at radius 3 is 2.94 bits per heavy atom. The molecule has 0 aliphatic carbocycles. The zero-order valence-electron chi connectivity index (χ0n) is 17.6. The monoisotopic (exact) mass is 483 g/mol. The third kappa shape index (κ3) is 4.00. The molecule has 0 saturated carbocycles. The summed E-state index contributed by atoms with van der Waals surface area (Å²) in [6.45, 7) is 4.34. The molecular weight excluding hydrogens is 462 g/mol. The van der Waals surface area contributed by atoms with Crippen LogP contribution in [0.15, 0.2) is 66.0 Å². The lowest BCUT2D eigenvalue weighted by molar-refractivity contribution is 0.432. The van der Waals surface area contributed by atoms with E-state index in [2.05, 4.69) is 44.9 Å². The molecule has 9 heteroatoms. The topological polar surface area (TPSA) is 80.1 Å². The van der Waals surface area contributed by atoms with Crippen LogP contribution in [-0.4, -0.2) is 32.5 Å². The predicted octanol–water partition coefficient (Wildman–Crippen LogP) is 5.49. The van der Waals surface area contributed by atoms with Crippen LogP contribution in [0.3, 0.4) is 0 Å². The van der Waals surface area contributed by atoms with Gasteiger partial charge in [-0.15, -0.1) is 23.1 Å². The first-order valence-electron chi connectivity index (χ1n) is 10.2. The van der Waals surface area contributed by atoms with Gasteiger partial charge in [-0.3, -0.25) is 9.39 Å². The molecule has 1 aliphatic rings. The number of aliphatic imine (C=N–C) groups is 1. The number of aromatic hydroxyl groups is 1. The molecule has 0 amide bonds. The van der Waals surface area contributed by atoms with Crippen LogP contribution in [-0.2, 0) is 0 Å². The average molecular weight is 484 g/mol. The minimum atomic E-state index is -0.545. The summed E-state index contributed by atoms with van der Waals surface area (Å²) >= 11 is 5.15. The lowest BCUT2D eigenvalue weighted by atomic mass is 10.0. The number of aromatic nitrogens is 2. The van der Waals surface area contributed by atoms with Gasteiger partial charge in [-0.1, -0.05) is 30.0 Å². The van der Waals surface area contributed by atoms with Crippen LogP contribution in [0.1, 0.15) is 34.3 Å². The third-order valence-electron chi connectivity index (χ3n) is 5.31. The molecule has 0 spiro atoms. The molecule has 1 unspecified atom stereocenters. The average Bonchev–Trinajstić information content (AvgIpc) is 3.25.